The smallest absolute Gasteiger partial charge is 0.239 e. The van der Waals surface area contributed by atoms with E-state index >= 15 is 0 Å². The second-order valence-electron chi connectivity index (χ2n) is 3.59. The lowest BCUT2D eigenvalue weighted by Crippen LogP contribution is -2.46. The average Bonchev–Trinajstić information content (AvgIpc) is 2.71. The molecule has 74 valence electrons. The van der Waals surface area contributed by atoms with Gasteiger partial charge in [-0.3, -0.25) is 4.79 Å². The molecule has 0 saturated carbocycles. The molecule has 2 aliphatic rings. The molecule has 2 aliphatic heterocycles. The minimum atomic E-state index is 0.128. The number of thioether (sulfide) groups is 1. The SMILES string of the molecule is O=C([C@H]1CCCN1)N1CCSCC1. The lowest BCUT2D eigenvalue weighted by molar-refractivity contribution is -0.132. The average molecular weight is 200 g/mol. The molecule has 2 fully saturated rings. The molecular formula is C9H16N2OS. The highest BCUT2D eigenvalue weighted by atomic mass is 32.2. The molecule has 0 radical (unpaired) electrons. The molecular weight excluding hydrogens is 184 g/mol. The topological polar surface area (TPSA) is 32.3 Å². The van der Waals surface area contributed by atoms with E-state index in [4.69, 9.17) is 0 Å². The molecule has 1 atom stereocenters. The molecule has 0 bridgehead atoms. The summed E-state index contributed by atoms with van der Waals surface area (Å²) in [5.74, 6) is 2.55. The summed E-state index contributed by atoms with van der Waals surface area (Å²) in [6, 6.07) is 0.128. The number of amides is 1. The van der Waals surface area contributed by atoms with Crippen LogP contribution in [0.1, 0.15) is 12.8 Å². The Morgan fingerprint density at radius 2 is 2.15 bits per heavy atom. The monoisotopic (exact) mass is 200 g/mol. The quantitative estimate of drug-likeness (QED) is 0.661. The van der Waals surface area contributed by atoms with Gasteiger partial charge in [-0.15, -0.1) is 0 Å². The van der Waals surface area contributed by atoms with Gasteiger partial charge in [-0.1, -0.05) is 0 Å². The lowest BCUT2D eigenvalue weighted by atomic mass is 10.2. The Morgan fingerprint density at radius 3 is 2.77 bits per heavy atom. The number of hydrogen-bond donors (Lipinski definition) is 1. The Bertz CT molecular complexity index is 186. The minimum absolute atomic E-state index is 0.128. The Balaban J connectivity index is 1.87. The van der Waals surface area contributed by atoms with Gasteiger partial charge in [0.2, 0.25) is 5.91 Å². The van der Waals surface area contributed by atoms with E-state index in [1.165, 1.54) is 0 Å². The van der Waals surface area contributed by atoms with Crippen molar-refractivity contribution < 1.29 is 4.79 Å². The van der Waals surface area contributed by atoms with Gasteiger partial charge in [0.1, 0.15) is 0 Å². The lowest BCUT2D eigenvalue weighted by Gasteiger charge is -2.28. The van der Waals surface area contributed by atoms with Gasteiger partial charge in [0.05, 0.1) is 6.04 Å². The van der Waals surface area contributed by atoms with Crippen molar-refractivity contribution in [3.05, 3.63) is 0 Å². The van der Waals surface area contributed by atoms with Crippen LogP contribution in [0.5, 0.6) is 0 Å². The Morgan fingerprint density at radius 1 is 1.38 bits per heavy atom. The minimum Gasteiger partial charge on any atom is -0.340 e. The van der Waals surface area contributed by atoms with E-state index in [0.29, 0.717) is 5.91 Å². The second kappa shape index (κ2) is 4.33. The third-order valence-electron chi connectivity index (χ3n) is 2.68. The van der Waals surface area contributed by atoms with E-state index in [9.17, 15) is 4.79 Å². The van der Waals surface area contributed by atoms with Gasteiger partial charge in [-0.05, 0) is 19.4 Å². The van der Waals surface area contributed by atoms with Gasteiger partial charge in [0.25, 0.3) is 0 Å². The van der Waals surface area contributed by atoms with Crippen LogP contribution in [0.25, 0.3) is 0 Å². The van der Waals surface area contributed by atoms with Gasteiger partial charge in [0.15, 0.2) is 0 Å². The van der Waals surface area contributed by atoms with Crippen LogP contribution >= 0.6 is 11.8 Å². The fourth-order valence-electron chi connectivity index (χ4n) is 1.90. The first-order valence-electron chi connectivity index (χ1n) is 4.98. The summed E-state index contributed by atoms with van der Waals surface area (Å²) in [6.07, 6.45) is 2.18. The first-order chi connectivity index (χ1) is 6.38. The first kappa shape index (κ1) is 9.34. The molecule has 0 spiro atoms. The van der Waals surface area contributed by atoms with E-state index in [-0.39, 0.29) is 6.04 Å². The third kappa shape index (κ3) is 2.17. The molecule has 0 aromatic rings. The zero-order chi connectivity index (χ0) is 9.10. The molecule has 2 saturated heterocycles. The summed E-state index contributed by atoms with van der Waals surface area (Å²) < 4.78 is 0. The Hall–Kier alpha value is -0.220. The number of hydrogen-bond acceptors (Lipinski definition) is 3. The first-order valence-corrected chi connectivity index (χ1v) is 6.13. The number of rotatable bonds is 1. The van der Waals surface area contributed by atoms with E-state index in [1.54, 1.807) is 0 Å². The number of nitrogens with zero attached hydrogens (tertiary/aromatic N) is 1. The molecule has 0 unspecified atom stereocenters. The maximum atomic E-state index is 11.9. The Kier molecular flexibility index (Phi) is 3.11. The number of carbonyl (C=O) groups excluding carboxylic acids is 1. The molecule has 1 N–H and O–H groups in total. The molecule has 0 aromatic carbocycles. The van der Waals surface area contributed by atoms with Crippen molar-refractivity contribution in [1.82, 2.24) is 10.2 Å². The highest BCUT2D eigenvalue weighted by Crippen LogP contribution is 2.13. The van der Waals surface area contributed by atoms with Crippen molar-refractivity contribution in [2.24, 2.45) is 0 Å². The predicted octanol–water partition coefficient (Wildman–Crippen LogP) is 0.314. The maximum Gasteiger partial charge on any atom is 0.239 e. The van der Waals surface area contributed by atoms with Crippen LogP contribution in [-0.2, 0) is 4.79 Å². The number of carbonyl (C=O) groups is 1. The largest absolute Gasteiger partial charge is 0.340 e. The zero-order valence-electron chi connectivity index (χ0n) is 7.79. The fraction of sp³-hybridized carbons (Fsp3) is 0.889. The van der Waals surface area contributed by atoms with Crippen molar-refractivity contribution in [3.63, 3.8) is 0 Å². The van der Waals surface area contributed by atoms with Crippen molar-refractivity contribution in [1.29, 1.82) is 0 Å². The second-order valence-corrected chi connectivity index (χ2v) is 4.81. The van der Waals surface area contributed by atoms with Crippen LogP contribution in [0.15, 0.2) is 0 Å². The highest BCUT2D eigenvalue weighted by Gasteiger charge is 2.27. The summed E-state index contributed by atoms with van der Waals surface area (Å²) in [6.45, 7) is 2.91. The summed E-state index contributed by atoms with van der Waals surface area (Å²) in [7, 11) is 0. The molecule has 0 aromatic heterocycles. The molecule has 0 aliphatic carbocycles. The molecule has 3 nitrogen and oxygen atoms in total. The van der Waals surface area contributed by atoms with Gasteiger partial charge < -0.3 is 10.2 Å². The van der Waals surface area contributed by atoms with Gasteiger partial charge in [-0.25, -0.2) is 0 Å². The van der Waals surface area contributed by atoms with Crippen LogP contribution in [-0.4, -0.2) is 48.0 Å². The normalized spacial score (nSPS) is 29.2. The van der Waals surface area contributed by atoms with E-state index in [0.717, 1.165) is 44.0 Å². The van der Waals surface area contributed by atoms with Gasteiger partial charge in [0, 0.05) is 24.6 Å². The summed E-state index contributed by atoms with van der Waals surface area (Å²) in [5.41, 5.74) is 0. The van der Waals surface area contributed by atoms with Crippen molar-refractivity contribution in [3.8, 4) is 0 Å². The molecule has 2 heterocycles. The van der Waals surface area contributed by atoms with E-state index in [1.807, 2.05) is 16.7 Å². The van der Waals surface area contributed by atoms with E-state index in [2.05, 4.69) is 5.32 Å². The van der Waals surface area contributed by atoms with E-state index < -0.39 is 0 Å². The molecule has 2 rings (SSSR count). The molecule has 13 heavy (non-hydrogen) atoms. The van der Waals surface area contributed by atoms with Crippen molar-refractivity contribution >= 4 is 17.7 Å². The van der Waals surface area contributed by atoms with Crippen LogP contribution in [0.3, 0.4) is 0 Å². The van der Waals surface area contributed by atoms with Crippen molar-refractivity contribution in [2.75, 3.05) is 31.1 Å². The van der Waals surface area contributed by atoms with Gasteiger partial charge >= 0.3 is 0 Å². The summed E-state index contributed by atoms with van der Waals surface area (Å²) >= 11 is 1.94. The van der Waals surface area contributed by atoms with Crippen LogP contribution in [0.2, 0.25) is 0 Å². The van der Waals surface area contributed by atoms with Gasteiger partial charge in [-0.2, -0.15) is 11.8 Å². The highest BCUT2D eigenvalue weighted by molar-refractivity contribution is 7.99. The molecule has 1 amide bonds. The summed E-state index contributed by atoms with van der Waals surface area (Å²) in [5, 5.41) is 3.26. The predicted molar refractivity (Wildman–Crippen MR) is 54.9 cm³/mol. The Labute approximate surface area is 83.2 Å². The van der Waals surface area contributed by atoms with Crippen molar-refractivity contribution in [2.45, 2.75) is 18.9 Å². The fourth-order valence-corrected chi connectivity index (χ4v) is 2.80. The van der Waals surface area contributed by atoms with Crippen LogP contribution in [0.4, 0.5) is 0 Å². The standard InChI is InChI=1S/C9H16N2OS/c12-9(8-2-1-3-10-8)11-4-6-13-7-5-11/h8,10H,1-7H2/t8-/m1/s1. The number of nitrogens with one attached hydrogen (secondary N) is 1. The molecule has 4 heteroatoms. The third-order valence-corrected chi connectivity index (χ3v) is 3.62. The maximum absolute atomic E-state index is 11.9. The van der Waals surface area contributed by atoms with Crippen LogP contribution < -0.4 is 5.32 Å². The van der Waals surface area contributed by atoms with Crippen LogP contribution in [0, 0.1) is 0 Å². The zero-order valence-corrected chi connectivity index (χ0v) is 8.61. The summed E-state index contributed by atoms with van der Waals surface area (Å²) in [4.78, 5) is 13.9.